The van der Waals surface area contributed by atoms with Crippen molar-refractivity contribution in [3.63, 3.8) is 0 Å². The van der Waals surface area contributed by atoms with Gasteiger partial charge in [-0.1, -0.05) is 28.9 Å². The molecule has 2 amide bonds. The number of carbonyl (C=O) groups is 1. The van der Waals surface area contributed by atoms with Crippen LogP contribution >= 0.6 is 11.6 Å². The van der Waals surface area contributed by atoms with Crippen LogP contribution in [0.1, 0.15) is 24.4 Å². The summed E-state index contributed by atoms with van der Waals surface area (Å²) in [7, 11) is 0. The van der Waals surface area contributed by atoms with E-state index in [9.17, 15) is 13.6 Å². The third-order valence-corrected chi connectivity index (χ3v) is 5.78. The molecule has 3 aromatic carbocycles. The Morgan fingerprint density at radius 2 is 1.56 bits per heavy atom. The SMILES string of the molecule is CC1=C(c2nc(-c3ccc(Cl)cc3)no2)C(c2ccc(F)cc2)NC(=O)N1c1ccc(F)cc1. The predicted octanol–water partition coefficient (Wildman–Crippen LogP) is 6.37. The molecule has 0 saturated carbocycles. The summed E-state index contributed by atoms with van der Waals surface area (Å²) in [5.41, 5.74) is 2.84. The van der Waals surface area contributed by atoms with Gasteiger partial charge in [0.25, 0.3) is 5.89 Å². The van der Waals surface area contributed by atoms with Crippen molar-refractivity contribution >= 4 is 28.9 Å². The number of halogens is 3. The second-order valence-electron chi connectivity index (χ2n) is 7.67. The number of allylic oxidation sites excluding steroid dienone is 1. The van der Waals surface area contributed by atoms with Crippen LogP contribution in [-0.4, -0.2) is 16.2 Å². The first-order valence-corrected chi connectivity index (χ1v) is 10.7. The highest BCUT2D eigenvalue weighted by Gasteiger charge is 2.36. The van der Waals surface area contributed by atoms with Gasteiger partial charge in [-0.05, 0) is 73.2 Å². The van der Waals surface area contributed by atoms with Crippen LogP contribution in [0.15, 0.2) is 83.0 Å². The number of benzene rings is 3. The topological polar surface area (TPSA) is 71.3 Å². The molecule has 1 atom stereocenters. The van der Waals surface area contributed by atoms with Crippen molar-refractivity contribution in [2.75, 3.05) is 4.90 Å². The van der Waals surface area contributed by atoms with Gasteiger partial charge in [0.15, 0.2) is 0 Å². The molecule has 6 nitrogen and oxygen atoms in total. The monoisotopic (exact) mass is 478 g/mol. The average molecular weight is 479 g/mol. The van der Waals surface area contributed by atoms with Gasteiger partial charge in [0, 0.05) is 16.3 Å². The fourth-order valence-corrected chi connectivity index (χ4v) is 4.00. The summed E-state index contributed by atoms with van der Waals surface area (Å²) < 4.78 is 32.7. The van der Waals surface area contributed by atoms with E-state index in [4.69, 9.17) is 16.1 Å². The first-order chi connectivity index (χ1) is 16.4. The number of hydrogen-bond acceptors (Lipinski definition) is 4. The smallest absolute Gasteiger partial charge is 0.326 e. The van der Waals surface area contributed by atoms with Crippen LogP contribution < -0.4 is 10.2 Å². The maximum Gasteiger partial charge on any atom is 0.326 e. The van der Waals surface area contributed by atoms with E-state index >= 15 is 0 Å². The molecule has 0 saturated heterocycles. The number of aromatic nitrogens is 2. The second kappa shape index (κ2) is 8.72. The maximum atomic E-state index is 13.6. The summed E-state index contributed by atoms with van der Waals surface area (Å²) in [6.07, 6.45) is 0. The van der Waals surface area contributed by atoms with Crippen LogP contribution in [0.25, 0.3) is 17.0 Å². The van der Waals surface area contributed by atoms with E-state index in [1.807, 2.05) is 0 Å². The van der Waals surface area contributed by atoms with E-state index < -0.39 is 23.7 Å². The molecule has 1 aromatic heterocycles. The van der Waals surface area contributed by atoms with Crippen molar-refractivity contribution in [1.29, 1.82) is 0 Å². The lowest BCUT2D eigenvalue weighted by molar-refractivity contribution is 0.244. The van der Waals surface area contributed by atoms with E-state index in [0.717, 1.165) is 0 Å². The van der Waals surface area contributed by atoms with Crippen LogP contribution in [0, 0.1) is 11.6 Å². The Morgan fingerprint density at radius 1 is 0.941 bits per heavy atom. The Bertz CT molecular complexity index is 1380. The summed E-state index contributed by atoms with van der Waals surface area (Å²) in [6, 6.07) is 17.2. The number of hydrogen-bond donors (Lipinski definition) is 1. The lowest BCUT2D eigenvalue weighted by Crippen LogP contribution is -2.46. The summed E-state index contributed by atoms with van der Waals surface area (Å²) in [6.45, 7) is 1.74. The van der Waals surface area contributed by atoms with Crippen LogP contribution in [0.4, 0.5) is 19.3 Å². The summed E-state index contributed by atoms with van der Waals surface area (Å²) >= 11 is 5.97. The molecule has 2 heterocycles. The first-order valence-electron chi connectivity index (χ1n) is 10.3. The normalized spacial score (nSPS) is 16.1. The molecule has 1 aliphatic rings. The van der Waals surface area contributed by atoms with Gasteiger partial charge in [-0.3, -0.25) is 4.90 Å². The molecule has 0 radical (unpaired) electrons. The van der Waals surface area contributed by atoms with Gasteiger partial charge >= 0.3 is 6.03 Å². The summed E-state index contributed by atoms with van der Waals surface area (Å²) in [5.74, 6) is -0.292. The van der Waals surface area contributed by atoms with Crippen molar-refractivity contribution in [2.45, 2.75) is 13.0 Å². The van der Waals surface area contributed by atoms with Gasteiger partial charge in [-0.2, -0.15) is 4.98 Å². The third-order valence-electron chi connectivity index (χ3n) is 5.53. The zero-order valence-electron chi connectivity index (χ0n) is 17.8. The fourth-order valence-electron chi connectivity index (χ4n) is 3.88. The molecule has 5 rings (SSSR count). The highest BCUT2D eigenvalue weighted by Crippen LogP contribution is 2.39. The van der Waals surface area contributed by atoms with E-state index in [2.05, 4.69) is 15.5 Å². The minimum Gasteiger partial charge on any atom is -0.334 e. The quantitative estimate of drug-likeness (QED) is 0.370. The highest BCUT2D eigenvalue weighted by atomic mass is 35.5. The highest BCUT2D eigenvalue weighted by molar-refractivity contribution is 6.30. The number of nitrogens with one attached hydrogen (secondary N) is 1. The van der Waals surface area contributed by atoms with E-state index in [1.54, 1.807) is 43.3 Å². The predicted molar refractivity (Wildman–Crippen MR) is 124 cm³/mol. The van der Waals surface area contributed by atoms with Crippen LogP contribution in [0.3, 0.4) is 0 Å². The van der Waals surface area contributed by atoms with Crippen LogP contribution in [-0.2, 0) is 0 Å². The molecule has 1 N–H and O–H groups in total. The Hall–Kier alpha value is -4.04. The molecular formula is C25H17ClF2N4O2. The molecule has 0 bridgehead atoms. The second-order valence-corrected chi connectivity index (χ2v) is 8.11. The van der Waals surface area contributed by atoms with Crippen molar-refractivity contribution in [2.24, 2.45) is 0 Å². The van der Waals surface area contributed by atoms with Gasteiger partial charge in [0.05, 0.1) is 17.3 Å². The lowest BCUT2D eigenvalue weighted by atomic mass is 9.94. The van der Waals surface area contributed by atoms with Gasteiger partial charge in [-0.25, -0.2) is 13.6 Å². The molecule has 9 heteroatoms. The van der Waals surface area contributed by atoms with Gasteiger partial charge in [-0.15, -0.1) is 0 Å². The standard InChI is InChI=1S/C25H17ClF2N4O2/c1-14-21(24-30-23(31-34-24)16-2-6-17(26)7-3-16)22(15-4-8-18(27)9-5-15)29-25(33)32(14)20-12-10-19(28)11-13-20/h2-13,22H,1H3,(H,29,33). The average Bonchev–Trinajstić information content (AvgIpc) is 3.30. The molecule has 0 spiro atoms. The number of nitrogens with zero attached hydrogens (tertiary/aromatic N) is 3. The molecule has 0 fully saturated rings. The Kier molecular flexibility index (Phi) is 5.59. The number of anilines is 1. The number of rotatable bonds is 4. The van der Waals surface area contributed by atoms with Crippen molar-refractivity contribution in [3.05, 3.63) is 107 Å². The number of urea groups is 1. The Morgan fingerprint density at radius 3 is 2.21 bits per heavy atom. The minimum absolute atomic E-state index is 0.184. The Balaban J connectivity index is 1.64. The van der Waals surface area contributed by atoms with E-state index in [-0.39, 0.29) is 5.89 Å². The van der Waals surface area contributed by atoms with E-state index in [0.29, 0.717) is 38.9 Å². The molecule has 34 heavy (non-hydrogen) atoms. The van der Waals surface area contributed by atoms with Crippen LogP contribution in [0.2, 0.25) is 5.02 Å². The van der Waals surface area contributed by atoms with Crippen LogP contribution in [0.5, 0.6) is 0 Å². The van der Waals surface area contributed by atoms with Crippen molar-refractivity contribution in [3.8, 4) is 11.4 Å². The molecule has 0 aliphatic carbocycles. The molecule has 1 aliphatic heterocycles. The van der Waals surface area contributed by atoms with Crippen molar-refractivity contribution in [1.82, 2.24) is 15.5 Å². The molecule has 4 aromatic rings. The van der Waals surface area contributed by atoms with Gasteiger partial charge in [0.1, 0.15) is 11.6 Å². The first kappa shape index (κ1) is 21.8. The zero-order valence-corrected chi connectivity index (χ0v) is 18.6. The minimum atomic E-state index is -0.677. The molecular weight excluding hydrogens is 462 g/mol. The van der Waals surface area contributed by atoms with Crippen molar-refractivity contribution < 1.29 is 18.1 Å². The largest absolute Gasteiger partial charge is 0.334 e. The number of amides is 2. The lowest BCUT2D eigenvalue weighted by Gasteiger charge is -2.35. The zero-order chi connectivity index (χ0) is 23.8. The van der Waals surface area contributed by atoms with E-state index in [1.165, 1.54) is 41.3 Å². The third kappa shape index (κ3) is 4.04. The fraction of sp³-hybridized carbons (Fsp3) is 0.0800. The summed E-state index contributed by atoms with van der Waals surface area (Å²) in [5, 5.41) is 7.59. The van der Waals surface area contributed by atoms with Gasteiger partial charge < -0.3 is 9.84 Å². The Labute approximate surface area is 198 Å². The molecule has 1 unspecified atom stereocenters. The molecule has 170 valence electrons. The maximum absolute atomic E-state index is 13.6. The number of carbonyl (C=O) groups excluding carboxylic acids is 1. The summed E-state index contributed by atoms with van der Waals surface area (Å²) in [4.78, 5) is 19.1. The van der Waals surface area contributed by atoms with Gasteiger partial charge in [0.2, 0.25) is 5.82 Å².